The number of benzene rings is 1. The second-order valence-corrected chi connectivity index (χ2v) is 6.71. The van der Waals surface area contributed by atoms with Gasteiger partial charge in [-0.1, -0.05) is 18.2 Å². The molecule has 4 heterocycles. The van der Waals surface area contributed by atoms with Crippen molar-refractivity contribution in [1.29, 1.82) is 0 Å². The van der Waals surface area contributed by atoms with Gasteiger partial charge in [-0.25, -0.2) is 4.98 Å². The monoisotopic (exact) mass is 407 g/mol. The Balaban J connectivity index is 0.00000105. The van der Waals surface area contributed by atoms with Gasteiger partial charge in [-0.3, -0.25) is 4.68 Å². The van der Waals surface area contributed by atoms with Crippen LogP contribution in [0.4, 0.5) is 0 Å². The van der Waals surface area contributed by atoms with Crippen LogP contribution in [0.1, 0.15) is 23.7 Å². The molecule has 3 aromatic rings. The van der Waals surface area contributed by atoms with Crippen LogP contribution in [0.2, 0.25) is 0 Å². The van der Waals surface area contributed by atoms with Crippen molar-refractivity contribution in [3.63, 3.8) is 0 Å². The van der Waals surface area contributed by atoms with E-state index in [9.17, 15) is 0 Å². The number of hydrogen-bond donors (Lipinski definition) is 1. The highest BCUT2D eigenvalue weighted by Crippen LogP contribution is 2.31. The van der Waals surface area contributed by atoms with E-state index < -0.39 is 0 Å². The molecule has 8 heteroatoms. The van der Waals surface area contributed by atoms with Crippen molar-refractivity contribution in [2.75, 3.05) is 13.2 Å². The van der Waals surface area contributed by atoms with Crippen LogP contribution in [0.5, 0.6) is 5.75 Å². The molecule has 27 heavy (non-hydrogen) atoms. The molecule has 2 aliphatic rings. The fourth-order valence-electron chi connectivity index (χ4n) is 3.77. The lowest BCUT2D eigenvalue weighted by molar-refractivity contribution is 0.225. The van der Waals surface area contributed by atoms with Gasteiger partial charge in [-0.15, -0.1) is 24.8 Å². The summed E-state index contributed by atoms with van der Waals surface area (Å²) in [6.45, 7) is 3.54. The van der Waals surface area contributed by atoms with Crippen LogP contribution in [0.15, 0.2) is 42.7 Å². The summed E-state index contributed by atoms with van der Waals surface area (Å²) in [6, 6.07) is 10.7. The predicted molar refractivity (Wildman–Crippen MR) is 109 cm³/mol. The highest BCUT2D eigenvalue weighted by atomic mass is 35.5. The Morgan fingerprint density at radius 3 is 3.00 bits per heavy atom. The predicted octanol–water partition coefficient (Wildman–Crippen LogP) is 3.26. The lowest BCUT2D eigenvalue weighted by atomic mass is 10.0. The summed E-state index contributed by atoms with van der Waals surface area (Å²) in [7, 11) is 0. The maximum absolute atomic E-state index is 5.96. The van der Waals surface area contributed by atoms with E-state index in [2.05, 4.69) is 37.7 Å². The molecule has 1 unspecified atom stereocenters. The number of aryl methyl sites for hydroxylation is 1. The molecular formula is C19H23Cl2N5O. The second kappa shape index (κ2) is 8.33. The van der Waals surface area contributed by atoms with Gasteiger partial charge in [0.25, 0.3) is 0 Å². The second-order valence-electron chi connectivity index (χ2n) is 6.71. The van der Waals surface area contributed by atoms with E-state index in [4.69, 9.17) is 9.84 Å². The molecule has 0 radical (unpaired) electrons. The van der Waals surface area contributed by atoms with Gasteiger partial charge in [-0.2, -0.15) is 5.10 Å². The highest BCUT2D eigenvalue weighted by Gasteiger charge is 2.24. The van der Waals surface area contributed by atoms with E-state index >= 15 is 0 Å². The number of fused-ring (bicyclic) bond motifs is 2. The van der Waals surface area contributed by atoms with Gasteiger partial charge in [0.2, 0.25) is 0 Å². The van der Waals surface area contributed by atoms with E-state index in [0.29, 0.717) is 6.61 Å². The van der Waals surface area contributed by atoms with Gasteiger partial charge in [-0.05, 0) is 30.7 Å². The summed E-state index contributed by atoms with van der Waals surface area (Å²) in [5.74, 6) is 1.92. The van der Waals surface area contributed by atoms with E-state index in [1.54, 1.807) is 0 Å². The minimum Gasteiger partial charge on any atom is -0.491 e. The van der Waals surface area contributed by atoms with E-state index in [-0.39, 0.29) is 30.9 Å². The molecule has 0 bridgehead atoms. The topological polar surface area (TPSA) is 56.9 Å². The summed E-state index contributed by atoms with van der Waals surface area (Å²) in [5.41, 5.74) is 3.43. The largest absolute Gasteiger partial charge is 0.491 e. The first-order valence-electron chi connectivity index (χ1n) is 8.90. The normalized spacial score (nSPS) is 18.1. The first kappa shape index (κ1) is 19.7. The van der Waals surface area contributed by atoms with Gasteiger partial charge in [0, 0.05) is 31.9 Å². The van der Waals surface area contributed by atoms with Gasteiger partial charge in [0.05, 0.1) is 11.7 Å². The standard InChI is InChI=1S/C19H21N5O.2ClH/c1-2-5-18-14(4-1)10-16(13-25-18)23-9-7-21-19(23)17-11-15-12-20-6-3-8-24(15)22-17;;/h1-2,4-5,7,9,11,16,20H,3,6,8,10,12-13H2;2*1H. The van der Waals surface area contributed by atoms with Crippen molar-refractivity contribution in [3.05, 3.63) is 54.0 Å². The van der Waals surface area contributed by atoms with Crippen molar-refractivity contribution in [2.24, 2.45) is 0 Å². The third-order valence-corrected chi connectivity index (χ3v) is 5.04. The number of nitrogens with one attached hydrogen (secondary N) is 1. The molecule has 144 valence electrons. The Kier molecular flexibility index (Phi) is 6.09. The van der Waals surface area contributed by atoms with Gasteiger partial charge < -0.3 is 14.6 Å². The average Bonchev–Trinajstić information content (AvgIpc) is 3.23. The molecule has 2 aromatic heterocycles. The van der Waals surface area contributed by atoms with Crippen LogP contribution < -0.4 is 10.1 Å². The average molecular weight is 408 g/mol. The number of halogens is 2. The van der Waals surface area contributed by atoms with Crippen molar-refractivity contribution in [1.82, 2.24) is 24.6 Å². The molecule has 0 saturated carbocycles. The van der Waals surface area contributed by atoms with E-state index in [1.807, 2.05) is 24.5 Å². The number of imidazole rings is 1. The Bertz CT molecular complexity index is 884. The number of ether oxygens (including phenoxy) is 1. The zero-order valence-electron chi connectivity index (χ0n) is 14.9. The molecule has 1 atom stereocenters. The minimum absolute atomic E-state index is 0. The molecule has 2 aliphatic heterocycles. The quantitative estimate of drug-likeness (QED) is 0.707. The molecule has 1 N–H and O–H groups in total. The van der Waals surface area contributed by atoms with Crippen LogP contribution in [0, 0.1) is 0 Å². The van der Waals surface area contributed by atoms with Crippen molar-refractivity contribution in [3.8, 4) is 17.3 Å². The van der Waals surface area contributed by atoms with Gasteiger partial charge in [0.15, 0.2) is 5.82 Å². The zero-order chi connectivity index (χ0) is 16.6. The lowest BCUT2D eigenvalue weighted by Crippen LogP contribution is -2.24. The number of rotatable bonds is 2. The molecule has 0 amide bonds. The number of nitrogens with zero attached hydrogens (tertiary/aromatic N) is 4. The maximum atomic E-state index is 5.96. The molecule has 0 aliphatic carbocycles. The van der Waals surface area contributed by atoms with Crippen LogP contribution in [0.3, 0.4) is 0 Å². The first-order chi connectivity index (χ1) is 12.4. The Morgan fingerprint density at radius 1 is 1.19 bits per heavy atom. The molecule has 0 spiro atoms. The van der Waals surface area contributed by atoms with Crippen LogP contribution in [-0.4, -0.2) is 32.5 Å². The third kappa shape index (κ3) is 3.70. The maximum Gasteiger partial charge on any atom is 0.160 e. The number of hydrogen-bond acceptors (Lipinski definition) is 4. The molecule has 1 aromatic carbocycles. The molecule has 5 rings (SSSR count). The van der Waals surface area contributed by atoms with Crippen LogP contribution >= 0.6 is 24.8 Å². The Hall–Kier alpha value is -2.02. The van der Waals surface area contributed by atoms with Crippen molar-refractivity contribution < 1.29 is 4.74 Å². The molecular weight excluding hydrogens is 385 g/mol. The summed E-state index contributed by atoms with van der Waals surface area (Å²) in [4.78, 5) is 4.60. The fourth-order valence-corrected chi connectivity index (χ4v) is 3.77. The highest BCUT2D eigenvalue weighted by molar-refractivity contribution is 5.85. The molecule has 0 saturated heterocycles. The lowest BCUT2D eigenvalue weighted by Gasteiger charge is -2.27. The Morgan fingerprint density at radius 2 is 2.07 bits per heavy atom. The first-order valence-corrected chi connectivity index (χ1v) is 8.90. The summed E-state index contributed by atoms with van der Waals surface area (Å²) in [6.07, 6.45) is 5.96. The van der Waals surface area contributed by atoms with Crippen LogP contribution in [-0.2, 0) is 19.5 Å². The molecule has 0 fully saturated rings. The third-order valence-electron chi connectivity index (χ3n) is 5.04. The summed E-state index contributed by atoms with van der Waals surface area (Å²) < 4.78 is 10.3. The minimum atomic E-state index is 0. The fraction of sp³-hybridized carbons (Fsp3) is 0.368. The van der Waals surface area contributed by atoms with Gasteiger partial charge in [0.1, 0.15) is 18.1 Å². The number of aromatic nitrogens is 4. The summed E-state index contributed by atoms with van der Waals surface area (Å²) in [5, 5.41) is 8.25. The Labute approximate surface area is 170 Å². The SMILES string of the molecule is Cl.Cl.c1ccc2c(c1)CC(n1ccnc1-c1cc3n(n1)CCCNC3)CO2. The van der Waals surface area contributed by atoms with Crippen molar-refractivity contribution >= 4 is 24.8 Å². The number of para-hydroxylation sites is 1. The van der Waals surface area contributed by atoms with E-state index in [0.717, 1.165) is 49.7 Å². The smallest absolute Gasteiger partial charge is 0.160 e. The van der Waals surface area contributed by atoms with Crippen LogP contribution in [0.25, 0.3) is 11.5 Å². The van der Waals surface area contributed by atoms with E-state index in [1.165, 1.54) is 11.3 Å². The zero-order valence-corrected chi connectivity index (χ0v) is 16.5. The summed E-state index contributed by atoms with van der Waals surface area (Å²) >= 11 is 0. The van der Waals surface area contributed by atoms with Crippen molar-refractivity contribution in [2.45, 2.75) is 32.0 Å². The molecule has 6 nitrogen and oxygen atoms in total. The van der Waals surface area contributed by atoms with Gasteiger partial charge >= 0.3 is 0 Å².